The monoisotopic (exact) mass is 480 g/mol. The average molecular weight is 481 g/mol. The number of aryl methyl sites for hydroxylation is 2. The van der Waals surface area contributed by atoms with E-state index in [2.05, 4.69) is 53.0 Å². The van der Waals surface area contributed by atoms with Crippen LogP contribution in [0.25, 0.3) is 10.9 Å². The number of hydrogen-bond donors (Lipinski definition) is 2. The zero-order valence-electron chi connectivity index (χ0n) is 20.9. The first-order chi connectivity index (χ1) is 16.4. The lowest BCUT2D eigenvalue weighted by atomic mass is 10.0. The van der Waals surface area contributed by atoms with E-state index in [0.717, 1.165) is 66.1 Å². The van der Waals surface area contributed by atoms with Gasteiger partial charge in [0.2, 0.25) is 0 Å². The Bertz CT molecular complexity index is 1190. The summed E-state index contributed by atoms with van der Waals surface area (Å²) in [5.74, 6) is 0.724. The Morgan fingerprint density at radius 3 is 2.53 bits per heavy atom. The first-order valence-electron chi connectivity index (χ1n) is 11.9. The summed E-state index contributed by atoms with van der Waals surface area (Å²) < 4.78 is 5.47. The molecule has 34 heavy (non-hydrogen) atoms. The summed E-state index contributed by atoms with van der Waals surface area (Å²) >= 11 is 5.81. The van der Waals surface area contributed by atoms with Gasteiger partial charge in [-0.15, -0.1) is 0 Å². The maximum absolute atomic E-state index is 13.0. The molecule has 0 aliphatic carbocycles. The number of nitrogens with zero attached hydrogens (tertiary/aromatic N) is 2. The van der Waals surface area contributed by atoms with Crippen molar-refractivity contribution in [2.24, 2.45) is 0 Å². The van der Waals surface area contributed by atoms with Crippen LogP contribution in [-0.2, 0) is 6.54 Å². The van der Waals surface area contributed by atoms with Crippen molar-refractivity contribution in [2.75, 3.05) is 38.6 Å². The number of methoxy groups -OCH3 is 1. The van der Waals surface area contributed by atoms with Gasteiger partial charge in [-0.05, 0) is 86.8 Å². The minimum absolute atomic E-state index is 0.0740. The van der Waals surface area contributed by atoms with E-state index in [0.29, 0.717) is 17.2 Å². The highest BCUT2D eigenvalue weighted by Crippen LogP contribution is 2.24. The molecule has 0 aliphatic rings. The van der Waals surface area contributed by atoms with Gasteiger partial charge in [-0.3, -0.25) is 4.79 Å². The standard InChI is InChI=1S/C27H36N4O2S/c1-6-30(7-2)15-10-16-31(27(34)28-23-11-8-9-12-24(23)33-5)18-22-17-21-14-13-19(3)20(4)25(21)29-26(22)32/h8-9,11-14,17H,6-7,10,15-16,18H2,1-5H3,(H,28,34)(H,29,32). The number of ether oxygens (including phenoxy) is 1. The number of pyridine rings is 1. The van der Waals surface area contributed by atoms with E-state index in [1.807, 2.05) is 37.3 Å². The number of aromatic nitrogens is 1. The van der Waals surface area contributed by atoms with Gasteiger partial charge in [0.1, 0.15) is 5.75 Å². The third-order valence-electron chi connectivity index (χ3n) is 6.42. The van der Waals surface area contributed by atoms with Gasteiger partial charge in [-0.25, -0.2) is 0 Å². The van der Waals surface area contributed by atoms with E-state index in [-0.39, 0.29) is 5.56 Å². The second kappa shape index (κ2) is 12.0. The maximum atomic E-state index is 13.0. The van der Waals surface area contributed by atoms with E-state index in [1.54, 1.807) is 7.11 Å². The molecule has 0 spiro atoms. The highest BCUT2D eigenvalue weighted by atomic mass is 32.1. The van der Waals surface area contributed by atoms with Crippen LogP contribution in [0.3, 0.4) is 0 Å². The molecule has 0 saturated heterocycles. The van der Waals surface area contributed by atoms with Crippen LogP contribution in [0.2, 0.25) is 0 Å². The summed E-state index contributed by atoms with van der Waals surface area (Å²) in [6.07, 6.45) is 0.944. The first kappa shape index (κ1) is 25.7. The van der Waals surface area contributed by atoms with Crippen LogP contribution in [-0.4, -0.2) is 53.2 Å². The van der Waals surface area contributed by atoms with Crippen LogP contribution in [0.1, 0.15) is 37.0 Å². The number of benzene rings is 2. The normalized spacial score (nSPS) is 11.1. The molecule has 0 atom stereocenters. The summed E-state index contributed by atoms with van der Waals surface area (Å²) in [6.45, 7) is 12.6. The zero-order valence-corrected chi connectivity index (χ0v) is 21.7. The molecule has 0 radical (unpaired) electrons. The minimum atomic E-state index is -0.0740. The van der Waals surface area contributed by atoms with E-state index in [1.165, 1.54) is 0 Å². The number of H-pyrrole nitrogens is 1. The Morgan fingerprint density at radius 1 is 1.09 bits per heavy atom. The molecular weight excluding hydrogens is 444 g/mol. The van der Waals surface area contributed by atoms with Gasteiger partial charge in [-0.1, -0.05) is 38.1 Å². The molecule has 2 N–H and O–H groups in total. The maximum Gasteiger partial charge on any atom is 0.253 e. The van der Waals surface area contributed by atoms with Gasteiger partial charge < -0.3 is 24.8 Å². The van der Waals surface area contributed by atoms with Crippen molar-refractivity contribution in [1.82, 2.24) is 14.8 Å². The Balaban J connectivity index is 1.87. The van der Waals surface area contributed by atoms with Crippen LogP contribution in [0.15, 0.2) is 47.3 Å². The smallest absolute Gasteiger partial charge is 0.253 e. The molecule has 7 heteroatoms. The zero-order chi connectivity index (χ0) is 24.7. The fourth-order valence-corrected chi connectivity index (χ4v) is 4.38. The van der Waals surface area contributed by atoms with Crippen LogP contribution in [0.4, 0.5) is 5.69 Å². The number of fused-ring (bicyclic) bond motifs is 1. The van der Waals surface area contributed by atoms with Crippen LogP contribution in [0.5, 0.6) is 5.75 Å². The first-order valence-corrected chi connectivity index (χ1v) is 12.3. The molecule has 0 aliphatic heterocycles. The lowest BCUT2D eigenvalue weighted by molar-refractivity contribution is 0.281. The number of nitrogens with one attached hydrogen (secondary N) is 2. The highest BCUT2D eigenvalue weighted by Gasteiger charge is 2.16. The topological polar surface area (TPSA) is 60.6 Å². The Morgan fingerprint density at radius 2 is 1.82 bits per heavy atom. The molecule has 0 saturated carbocycles. The molecule has 0 fully saturated rings. The van der Waals surface area contributed by atoms with Gasteiger partial charge in [0.25, 0.3) is 5.56 Å². The molecule has 0 bridgehead atoms. The molecular formula is C27H36N4O2S. The SMILES string of the molecule is CCN(CC)CCCN(Cc1cc2ccc(C)c(C)c2[nH]c1=O)C(=S)Nc1ccccc1OC. The van der Waals surface area contributed by atoms with E-state index in [9.17, 15) is 4.79 Å². The van der Waals surface area contributed by atoms with Gasteiger partial charge in [0.05, 0.1) is 24.9 Å². The van der Waals surface area contributed by atoms with Gasteiger partial charge >= 0.3 is 0 Å². The van der Waals surface area contributed by atoms with Gasteiger partial charge in [0.15, 0.2) is 5.11 Å². The Hall–Kier alpha value is -2.90. The second-order valence-electron chi connectivity index (χ2n) is 8.53. The third kappa shape index (κ3) is 6.15. The second-order valence-corrected chi connectivity index (χ2v) is 8.91. The molecule has 0 amide bonds. The predicted molar refractivity (Wildman–Crippen MR) is 146 cm³/mol. The minimum Gasteiger partial charge on any atom is -0.495 e. The summed E-state index contributed by atoms with van der Waals surface area (Å²) in [7, 11) is 1.64. The Labute approximate surface area is 207 Å². The van der Waals surface area contributed by atoms with Crippen LogP contribution < -0.4 is 15.6 Å². The predicted octanol–water partition coefficient (Wildman–Crippen LogP) is 5.08. The number of para-hydroxylation sites is 2. The van der Waals surface area contributed by atoms with Crippen molar-refractivity contribution in [3.05, 3.63) is 69.5 Å². The van der Waals surface area contributed by atoms with Gasteiger partial charge in [0, 0.05) is 12.1 Å². The highest BCUT2D eigenvalue weighted by molar-refractivity contribution is 7.80. The third-order valence-corrected chi connectivity index (χ3v) is 6.78. The summed E-state index contributed by atoms with van der Waals surface area (Å²) in [6, 6.07) is 13.8. The number of thiocarbonyl (C=S) groups is 1. The summed E-state index contributed by atoms with van der Waals surface area (Å²) in [5.41, 5.74) is 4.60. The van der Waals surface area contributed by atoms with Crippen molar-refractivity contribution in [3.63, 3.8) is 0 Å². The molecule has 6 nitrogen and oxygen atoms in total. The number of hydrogen-bond acceptors (Lipinski definition) is 4. The molecule has 0 unspecified atom stereocenters. The molecule has 3 rings (SSSR count). The Kier molecular flexibility index (Phi) is 9.07. The number of rotatable bonds is 10. The average Bonchev–Trinajstić information content (AvgIpc) is 2.84. The fourth-order valence-electron chi connectivity index (χ4n) is 4.11. The van der Waals surface area contributed by atoms with Crippen molar-refractivity contribution < 1.29 is 4.74 Å². The number of anilines is 1. The summed E-state index contributed by atoms with van der Waals surface area (Å²) in [4.78, 5) is 20.6. The van der Waals surface area contributed by atoms with Crippen LogP contribution >= 0.6 is 12.2 Å². The summed E-state index contributed by atoms with van der Waals surface area (Å²) in [5, 5.41) is 4.93. The van der Waals surface area contributed by atoms with Crippen LogP contribution in [0, 0.1) is 13.8 Å². The molecule has 1 heterocycles. The van der Waals surface area contributed by atoms with Crippen molar-refractivity contribution in [1.29, 1.82) is 0 Å². The number of aromatic amines is 1. The largest absolute Gasteiger partial charge is 0.495 e. The quantitative estimate of drug-likeness (QED) is 0.395. The van der Waals surface area contributed by atoms with E-state index in [4.69, 9.17) is 17.0 Å². The lowest BCUT2D eigenvalue weighted by Gasteiger charge is -2.28. The van der Waals surface area contributed by atoms with Gasteiger partial charge in [-0.2, -0.15) is 0 Å². The lowest BCUT2D eigenvalue weighted by Crippen LogP contribution is -2.38. The molecule has 3 aromatic rings. The molecule has 1 aromatic heterocycles. The molecule has 182 valence electrons. The fraction of sp³-hybridized carbons (Fsp3) is 0.407. The van der Waals surface area contributed by atoms with E-state index >= 15 is 0 Å². The van der Waals surface area contributed by atoms with Crippen molar-refractivity contribution >= 4 is 33.9 Å². The van der Waals surface area contributed by atoms with Crippen molar-refractivity contribution in [3.8, 4) is 5.75 Å². The van der Waals surface area contributed by atoms with Crippen molar-refractivity contribution in [2.45, 2.75) is 40.7 Å². The van der Waals surface area contributed by atoms with E-state index < -0.39 is 0 Å². The molecule has 2 aromatic carbocycles.